The molecule has 9 nitrogen and oxygen atoms in total. The van der Waals surface area contributed by atoms with Gasteiger partial charge in [-0.05, 0) is 67.9 Å². The number of para-hydroxylation sites is 2. The molecule has 2 N–H and O–H groups in total. The van der Waals surface area contributed by atoms with E-state index in [1.165, 1.54) is 24.3 Å². The van der Waals surface area contributed by atoms with E-state index in [0.29, 0.717) is 29.4 Å². The highest BCUT2D eigenvalue weighted by Gasteiger charge is 2.10. The van der Waals surface area contributed by atoms with Gasteiger partial charge in [-0.15, -0.1) is 0 Å². The molecule has 0 aromatic heterocycles. The van der Waals surface area contributed by atoms with E-state index < -0.39 is 6.16 Å². The molecule has 0 saturated heterocycles. The van der Waals surface area contributed by atoms with Crippen LogP contribution in [0.4, 0.5) is 10.5 Å². The minimum absolute atomic E-state index is 0.156. The summed E-state index contributed by atoms with van der Waals surface area (Å²) in [6.45, 7) is 4.36. The van der Waals surface area contributed by atoms with Crippen LogP contribution < -0.4 is 24.8 Å². The van der Waals surface area contributed by atoms with Crippen LogP contribution in [-0.4, -0.2) is 37.8 Å². The van der Waals surface area contributed by atoms with E-state index in [1.807, 2.05) is 19.1 Å². The number of hydrogen-bond acceptors (Lipinski definition) is 7. The summed E-state index contributed by atoms with van der Waals surface area (Å²) >= 11 is 0. The molecule has 3 aromatic rings. The Balaban J connectivity index is 1.49. The summed E-state index contributed by atoms with van der Waals surface area (Å²) in [6, 6.07) is 20.4. The SMILES string of the molecule is CCOC(=O)Oc1ccc(C(=O)Nc2cccc(CNC(=O)COc3ccccc3OCC)c2)cc1. The largest absolute Gasteiger partial charge is 0.513 e. The van der Waals surface area contributed by atoms with E-state index in [1.54, 1.807) is 43.3 Å². The fourth-order valence-electron chi connectivity index (χ4n) is 3.12. The topological polar surface area (TPSA) is 112 Å². The summed E-state index contributed by atoms with van der Waals surface area (Å²) in [5.41, 5.74) is 1.75. The van der Waals surface area contributed by atoms with Gasteiger partial charge in [0, 0.05) is 17.8 Å². The minimum atomic E-state index is -0.805. The third kappa shape index (κ3) is 8.05. The third-order valence-corrected chi connectivity index (χ3v) is 4.76. The maximum Gasteiger partial charge on any atom is 0.513 e. The molecule has 0 heterocycles. The Bertz CT molecular complexity index is 1180. The molecule has 9 heteroatoms. The molecule has 0 radical (unpaired) electrons. The van der Waals surface area contributed by atoms with Gasteiger partial charge in [-0.3, -0.25) is 9.59 Å². The van der Waals surface area contributed by atoms with Crippen molar-refractivity contribution in [2.24, 2.45) is 0 Å². The molecule has 36 heavy (non-hydrogen) atoms. The molecule has 0 spiro atoms. The molecular formula is C27H28N2O7. The molecule has 0 unspecified atom stereocenters. The van der Waals surface area contributed by atoms with Crippen molar-refractivity contribution < 1.29 is 33.3 Å². The number of ether oxygens (including phenoxy) is 4. The molecule has 0 fully saturated rings. The molecule has 188 valence electrons. The van der Waals surface area contributed by atoms with Crippen molar-refractivity contribution in [2.75, 3.05) is 25.1 Å². The zero-order valence-corrected chi connectivity index (χ0v) is 20.1. The maximum atomic E-state index is 12.6. The van der Waals surface area contributed by atoms with Gasteiger partial charge in [0.1, 0.15) is 5.75 Å². The van der Waals surface area contributed by atoms with Gasteiger partial charge in [0.05, 0.1) is 13.2 Å². The lowest BCUT2D eigenvalue weighted by atomic mass is 10.1. The molecule has 2 amide bonds. The van der Waals surface area contributed by atoms with Gasteiger partial charge in [0.2, 0.25) is 0 Å². The van der Waals surface area contributed by atoms with Crippen molar-refractivity contribution in [3.63, 3.8) is 0 Å². The quantitative estimate of drug-likeness (QED) is 0.298. The molecule has 3 rings (SSSR count). The van der Waals surface area contributed by atoms with Crippen molar-refractivity contribution >= 4 is 23.7 Å². The maximum absolute atomic E-state index is 12.6. The summed E-state index contributed by atoms with van der Waals surface area (Å²) in [4.78, 5) is 36.2. The number of carbonyl (C=O) groups is 3. The normalized spacial score (nSPS) is 10.2. The number of carbonyl (C=O) groups excluding carboxylic acids is 3. The summed E-state index contributed by atoms with van der Waals surface area (Å²) in [5, 5.41) is 5.60. The summed E-state index contributed by atoms with van der Waals surface area (Å²) in [6.07, 6.45) is -0.805. The molecule has 0 bridgehead atoms. The average Bonchev–Trinajstić information content (AvgIpc) is 2.88. The standard InChI is InChI=1S/C27H28N2O7/c1-3-33-23-10-5-6-11-24(23)35-18-25(30)28-17-19-8-7-9-21(16-19)29-26(31)20-12-14-22(15-13-20)36-27(32)34-4-2/h5-16H,3-4,17-18H2,1-2H3,(H,28,30)(H,29,31). The fraction of sp³-hybridized carbons (Fsp3) is 0.222. The van der Waals surface area contributed by atoms with Crippen molar-refractivity contribution in [3.05, 3.63) is 83.9 Å². The smallest absolute Gasteiger partial charge is 0.490 e. The van der Waals surface area contributed by atoms with Crippen molar-refractivity contribution in [1.82, 2.24) is 5.32 Å². The third-order valence-electron chi connectivity index (χ3n) is 4.76. The van der Waals surface area contributed by atoms with Crippen LogP contribution in [0, 0.1) is 0 Å². The van der Waals surface area contributed by atoms with Crippen LogP contribution in [0.1, 0.15) is 29.8 Å². The predicted octanol–water partition coefficient (Wildman–Crippen LogP) is 4.57. The highest BCUT2D eigenvalue weighted by molar-refractivity contribution is 6.04. The van der Waals surface area contributed by atoms with Crippen LogP contribution in [0.3, 0.4) is 0 Å². The van der Waals surface area contributed by atoms with Crippen molar-refractivity contribution in [2.45, 2.75) is 20.4 Å². The Morgan fingerprint density at radius 2 is 1.53 bits per heavy atom. The van der Waals surface area contributed by atoms with Crippen LogP contribution in [0.15, 0.2) is 72.8 Å². The lowest BCUT2D eigenvalue weighted by Gasteiger charge is -2.12. The molecular weight excluding hydrogens is 464 g/mol. The number of benzene rings is 3. The zero-order chi connectivity index (χ0) is 25.8. The second kappa shape index (κ2) is 13.4. The van der Waals surface area contributed by atoms with E-state index >= 15 is 0 Å². The summed E-state index contributed by atoms with van der Waals surface area (Å²) in [7, 11) is 0. The highest BCUT2D eigenvalue weighted by Crippen LogP contribution is 2.26. The van der Waals surface area contributed by atoms with E-state index in [9.17, 15) is 14.4 Å². The number of rotatable bonds is 11. The Kier molecular flexibility index (Phi) is 9.69. The van der Waals surface area contributed by atoms with E-state index in [-0.39, 0.29) is 37.3 Å². The molecule has 0 aliphatic heterocycles. The lowest BCUT2D eigenvalue weighted by Crippen LogP contribution is -2.28. The van der Waals surface area contributed by atoms with Gasteiger partial charge in [-0.25, -0.2) is 4.79 Å². The van der Waals surface area contributed by atoms with Gasteiger partial charge in [-0.2, -0.15) is 0 Å². The second-order valence-corrected chi connectivity index (χ2v) is 7.41. The highest BCUT2D eigenvalue weighted by atomic mass is 16.7. The number of amides is 2. The Labute approximate surface area is 209 Å². The van der Waals surface area contributed by atoms with E-state index in [0.717, 1.165) is 5.56 Å². The first kappa shape index (κ1) is 26.1. The summed E-state index contributed by atoms with van der Waals surface area (Å²) in [5.74, 6) is 0.728. The zero-order valence-electron chi connectivity index (χ0n) is 20.1. The molecule has 0 saturated carbocycles. The summed E-state index contributed by atoms with van der Waals surface area (Å²) < 4.78 is 20.8. The fourth-order valence-corrected chi connectivity index (χ4v) is 3.12. The van der Waals surface area contributed by atoms with Crippen LogP contribution in [0.25, 0.3) is 0 Å². The first-order chi connectivity index (χ1) is 17.5. The average molecular weight is 493 g/mol. The van der Waals surface area contributed by atoms with Gasteiger partial charge in [0.15, 0.2) is 18.1 Å². The first-order valence-corrected chi connectivity index (χ1v) is 11.4. The van der Waals surface area contributed by atoms with Gasteiger partial charge < -0.3 is 29.6 Å². The second-order valence-electron chi connectivity index (χ2n) is 7.41. The van der Waals surface area contributed by atoms with E-state index in [4.69, 9.17) is 18.9 Å². The monoisotopic (exact) mass is 492 g/mol. The predicted molar refractivity (Wildman–Crippen MR) is 133 cm³/mol. The van der Waals surface area contributed by atoms with Gasteiger partial charge in [0.25, 0.3) is 11.8 Å². The minimum Gasteiger partial charge on any atom is -0.490 e. The van der Waals surface area contributed by atoms with Crippen molar-refractivity contribution in [3.8, 4) is 17.2 Å². The van der Waals surface area contributed by atoms with Crippen LogP contribution in [-0.2, 0) is 16.1 Å². The number of hydrogen-bond donors (Lipinski definition) is 2. The number of anilines is 1. The Morgan fingerprint density at radius 1 is 0.806 bits per heavy atom. The van der Waals surface area contributed by atoms with E-state index in [2.05, 4.69) is 10.6 Å². The van der Waals surface area contributed by atoms with Crippen LogP contribution in [0.5, 0.6) is 17.2 Å². The van der Waals surface area contributed by atoms with Crippen LogP contribution in [0.2, 0.25) is 0 Å². The van der Waals surface area contributed by atoms with Crippen LogP contribution >= 0.6 is 0 Å². The molecule has 0 aliphatic rings. The lowest BCUT2D eigenvalue weighted by molar-refractivity contribution is -0.123. The number of nitrogens with one attached hydrogen (secondary N) is 2. The first-order valence-electron chi connectivity index (χ1n) is 11.4. The Hall–Kier alpha value is -4.53. The molecule has 3 aromatic carbocycles. The molecule has 0 atom stereocenters. The van der Waals surface area contributed by atoms with Gasteiger partial charge >= 0.3 is 6.16 Å². The Morgan fingerprint density at radius 3 is 2.22 bits per heavy atom. The van der Waals surface area contributed by atoms with Gasteiger partial charge in [-0.1, -0.05) is 24.3 Å². The molecule has 0 aliphatic carbocycles. The van der Waals surface area contributed by atoms with Crippen molar-refractivity contribution in [1.29, 1.82) is 0 Å².